The summed E-state index contributed by atoms with van der Waals surface area (Å²) in [7, 11) is 0. The molecule has 5 nitrogen and oxygen atoms in total. The van der Waals surface area contributed by atoms with Gasteiger partial charge in [0.1, 0.15) is 0 Å². The van der Waals surface area contributed by atoms with E-state index in [0.29, 0.717) is 24.9 Å². The molecule has 0 spiro atoms. The first-order chi connectivity index (χ1) is 14.8. The summed E-state index contributed by atoms with van der Waals surface area (Å²) in [5, 5.41) is 6.83. The lowest BCUT2D eigenvalue weighted by Crippen LogP contribution is -2.55. The van der Waals surface area contributed by atoms with Crippen LogP contribution in [0.25, 0.3) is 0 Å². The molecule has 2 aromatic rings. The lowest BCUT2D eigenvalue weighted by molar-refractivity contribution is -0.121. The maximum Gasteiger partial charge on any atom is 0.220 e. The molecule has 2 aliphatic heterocycles. The van der Waals surface area contributed by atoms with Crippen LogP contribution in [0.15, 0.2) is 54.9 Å². The quantitative estimate of drug-likeness (QED) is 0.574. The van der Waals surface area contributed by atoms with E-state index in [9.17, 15) is 4.79 Å². The Kier molecular flexibility index (Phi) is 11.5. The summed E-state index contributed by atoms with van der Waals surface area (Å²) >= 11 is 0. The number of benzene rings is 1. The molecule has 32 heavy (non-hydrogen) atoms. The molecule has 2 N–H and O–H groups in total. The fourth-order valence-electron chi connectivity index (χ4n) is 5.04. The van der Waals surface area contributed by atoms with E-state index in [4.69, 9.17) is 0 Å². The summed E-state index contributed by atoms with van der Waals surface area (Å²) in [5.41, 5.74) is 2.57. The van der Waals surface area contributed by atoms with Gasteiger partial charge in [-0.2, -0.15) is 0 Å². The third kappa shape index (κ3) is 8.04. The van der Waals surface area contributed by atoms with E-state index in [2.05, 4.69) is 50.8 Å². The zero-order valence-corrected chi connectivity index (χ0v) is 20.3. The predicted molar refractivity (Wildman–Crippen MR) is 134 cm³/mol. The van der Waals surface area contributed by atoms with Gasteiger partial charge in [0.2, 0.25) is 5.91 Å². The minimum absolute atomic E-state index is 0. The number of hydrogen-bond acceptors (Lipinski definition) is 4. The van der Waals surface area contributed by atoms with Gasteiger partial charge in [0.05, 0.1) is 0 Å². The molecular weight excluding hydrogens is 443 g/mol. The molecule has 1 aromatic heterocycles. The Hall–Kier alpha value is -1.66. The lowest BCUT2D eigenvalue weighted by Gasteiger charge is -2.46. The number of nitrogens with one attached hydrogen (secondary N) is 2. The number of rotatable bonds is 9. The predicted octanol–water partition coefficient (Wildman–Crippen LogP) is 3.86. The number of amides is 1. The fourth-order valence-corrected chi connectivity index (χ4v) is 5.04. The molecule has 2 aliphatic rings. The van der Waals surface area contributed by atoms with Crippen molar-refractivity contribution in [3.05, 3.63) is 66.0 Å². The van der Waals surface area contributed by atoms with Crippen molar-refractivity contribution >= 4 is 30.7 Å². The van der Waals surface area contributed by atoms with Crippen LogP contribution in [0.3, 0.4) is 0 Å². The minimum Gasteiger partial charge on any atom is -0.356 e. The Labute approximate surface area is 204 Å². The number of hydrogen-bond donors (Lipinski definition) is 2. The molecule has 3 atom stereocenters. The Morgan fingerprint density at radius 1 is 1.09 bits per heavy atom. The summed E-state index contributed by atoms with van der Waals surface area (Å²) in [5.74, 6) is 1.64. The first-order valence-corrected chi connectivity index (χ1v) is 11.4. The monoisotopic (exact) mass is 478 g/mol. The smallest absolute Gasteiger partial charge is 0.220 e. The second-order valence-electron chi connectivity index (χ2n) is 8.91. The second-order valence-corrected chi connectivity index (χ2v) is 8.91. The van der Waals surface area contributed by atoms with Crippen LogP contribution in [-0.2, 0) is 17.8 Å². The maximum atomic E-state index is 12.2. The number of halogens is 2. The molecule has 1 aromatic carbocycles. The van der Waals surface area contributed by atoms with Gasteiger partial charge in [0.15, 0.2) is 0 Å². The molecule has 2 saturated heterocycles. The zero-order valence-electron chi connectivity index (χ0n) is 18.6. The van der Waals surface area contributed by atoms with Crippen LogP contribution in [0.2, 0.25) is 0 Å². The molecule has 0 saturated carbocycles. The first-order valence-electron chi connectivity index (χ1n) is 11.4. The van der Waals surface area contributed by atoms with Crippen molar-refractivity contribution in [1.29, 1.82) is 0 Å². The van der Waals surface area contributed by atoms with Crippen LogP contribution in [0.4, 0.5) is 0 Å². The van der Waals surface area contributed by atoms with Crippen molar-refractivity contribution in [3.8, 4) is 0 Å². The van der Waals surface area contributed by atoms with Gasteiger partial charge in [-0.25, -0.2) is 0 Å². The number of piperidine rings is 2. The number of carbonyl (C=O) groups is 1. The van der Waals surface area contributed by atoms with Crippen molar-refractivity contribution in [3.63, 3.8) is 0 Å². The Bertz CT molecular complexity index is 793. The molecule has 176 valence electrons. The van der Waals surface area contributed by atoms with Crippen LogP contribution in [0.1, 0.15) is 36.8 Å². The maximum absolute atomic E-state index is 12.2. The van der Waals surface area contributed by atoms with Gasteiger partial charge in [0.25, 0.3) is 0 Å². The normalized spacial score (nSPS) is 22.3. The number of likely N-dealkylation sites (tertiary alicyclic amines) is 1. The van der Waals surface area contributed by atoms with E-state index in [1.807, 2.05) is 18.3 Å². The molecule has 2 bridgehead atoms. The molecule has 2 fully saturated rings. The SMILES string of the molecule is Cl.Cl.O=C(CCC[C@H]1NCC2CC1CN(Cc1ccccc1)C2)NCCc1cccnc1. The summed E-state index contributed by atoms with van der Waals surface area (Å²) in [6, 6.07) is 15.3. The first kappa shape index (κ1) is 26.6. The molecule has 3 heterocycles. The van der Waals surface area contributed by atoms with Gasteiger partial charge in [0, 0.05) is 51.0 Å². The highest BCUT2D eigenvalue weighted by Crippen LogP contribution is 2.31. The van der Waals surface area contributed by atoms with E-state index in [1.54, 1.807) is 6.20 Å². The third-order valence-corrected chi connectivity index (χ3v) is 6.51. The number of fused-ring (bicyclic) bond motifs is 2. The third-order valence-electron chi connectivity index (χ3n) is 6.51. The van der Waals surface area contributed by atoms with Gasteiger partial charge in [-0.3, -0.25) is 14.7 Å². The van der Waals surface area contributed by atoms with Crippen molar-refractivity contribution < 1.29 is 4.79 Å². The molecule has 0 radical (unpaired) electrons. The molecule has 0 aliphatic carbocycles. The number of aromatic nitrogens is 1. The molecule has 2 unspecified atom stereocenters. The van der Waals surface area contributed by atoms with Gasteiger partial charge >= 0.3 is 0 Å². The number of nitrogens with zero attached hydrogens (tertiary/aromatic N) is 2. The van der Waals surface area contributed by atoms with E-state index in [-0.39, 0.29) is 30.7 Å². The van der Waals surface area contributed by atoms with Crippen molar-refractivity contribution in [1.82, 2.24) is 20.5 Å². The second kappa shape index (κ2) is 13.8. The van der Waals surface area contributed by atoms with Crippen LogP contribution in [0, 0.1) is 11.8 Å². The number of pyridine rings is 1. The van der Waals surface area contributed by atoms with E-state index < -0.39 is 0 Å². The highest BCUT2D eigenvalue weighted by molar-refractivity contribution is 5.85. The van der Waals surface area contributed by atoms with E-state index in [0.717, 1.165) is 43.8 Å². The molecule has 7 heteroatoms. The van der Waals surface area contributed by atoms with Crippen LogP contribution < -0.4 is 10.6 Å². The zero-order chi connectivity index (χ0) is 20.6. The largest absolute Gasteiger partial charge is 0.356 e. The average molecular weight is 479 g/mol. The lowest BCUT2D eigenvalue weighted by atomic mass is 9.79. The summed E-state index contributed by atoms with van der Waals surface area (Å²) < 4.78 is 0. The van der Waals surface area contributed by atoms with Gasteiger partial charge < -0.3 is 10.6 Å². The van der Waals surface area contributed by atoms with Crippen molar-refractivity contribution in [2.75, 3.05) is 26.2 Å². The fraction of sp³-hybridized carbons (Fsp3) is 0.520. The van der Waals surface area contributed by atoms with Gasteiger partial charge in [-0.05, 0) is 61.3 Å². The summed E-state index contributed by atoms with van der Waals surface area (Å²) in [6.45, 7) is 5.22. The highest BCUT2D eigenvalue weighted by atomic mass is 35.5. The van der Waals surface area contributed by atoms with Crippen LogP contribution in [0.5, 0.6) is 0 Å². The standard InChI is InChI=1S/C25H34N4O.2ClH/c30-25(27-13-11-20-8-5-12-26-15-20)10-4-9-24-23-14-22(16-28-24)18-29(19-23)17-21-6-2-1-3-7-21;;/h1-3,5-8,12,15,22-24,28H,4,9-11,13-14,16-19H2,(H,27,30);2*1H/t22?,23?,24-;;/m1../s1. The van der Waals surface area contributed by atoms with E-state index in [1.165, 1.54) is 25.1 Å². The van der Waals surface area contributed by atoms with E-state index >= 15 is 0 Å². The molecule has 4 rings (SSSR count). The molecule has 1 amide bonds. The Morgan fingerprint density at radius 2 is 1.91 bits per heavy atom. The topological polar surface area (TPSA) is 57.3 Å². The highest BCUT2D eigenvalue weighted by Gasteiger charge is 2.35. The Morgan fingerprint density at radius 3 is 2.69 bits per heavy atom. The number of carbonyl (C=O) groups excluding carboxylic acids is 1. The van der Waals surface area contributed by atoms with Crippen molar-refractivity contribution in [2.45, 2.75) is 44.7 Å². The van der Waals surface area contributed by atoms with Crippen LogP contribution >= 0.6 is 24.8 Å². The van der Waals surface area contributed by atoms with Gasteiger partial charge in [-0.1, -0.05) is 36.4 Å². The van der Waals surface area contributed by atoms with Gasteiger partial charge in [-0.15, -0.1) is 24.8 Å². The summed E-state index contributed by atoms with van der Waals surface area (Å²) in [4.78, 5) is 18.9. The minimum atomic E-state index is 0. The van der Waals surface area contributed by atoms with Crippen LogP contribution in [-0.4, -0.2) is 48.0 Å². The average Bonchev–Trinajstić information content (AvgIpc) is 2.77. The Balaban J connectivity index is 0.00000181. The van der Waals surface area contributed by atoms with Crippen molar-refractivity contribution in [2.24, 2.45) is 11.8 Å². The molecular formula is C25H36Cl2N4O. The summed E-state index contributed by atoms with van der Waals surface area (Å²) in [6.07, 6.45) is 8.47.